The van der Waals surface area contributed by atoms with Gasteiger partial charge in [-0.25, -0.2) is 9.37 Å². The molecule has 2 unspecified atom stereocenters. The number of aryl methyl sites for hydroxylation is 1. The fourth-order valence-corrected chi connectivity index (χ4v) is 4.99. The molecule has 2 atom stereocenters. The molecule has 2 aliphatic heterocycles. The average molecular weight is 480 g/mol. The fraction of sp³-hybridized carbons (Fsp3) is 0.364. The molecule has 33 heavy (non-hydrogen) atoms. The number of pyridine rings is 1. The average Bonchev–Trinajstić information content (AvgIpc) is 3.17. The minimum atomic E-state index is -4.67. The summed E-state index contributed by atoms with van der Waals surface area (Å²) >= 11 is 6.04. The Labute approximate surface area is 191 Å². The number of hydrogen-bond acceptors (Lipinski definition) is 4. The zero-order valence-corrected chi connectivity index (χ0v) is 18.2. The monoisotopic (exact) mass is 479 g/mol. The molecule has 0 spiro atoms. The molecule has 3 aromatic rings. The summed E-state index contributed by atoms with van der Waals surface area (Å²) in [4.78, 5) is 19.2. The summed E-state index contributed by atoms with van der Waals surface area (Å²) in [5.41, 5.74) is -0.344. The van der Waals surface area contributed by atoms with Crippen molar-refractivity contribution in [2.75, 3.05) is 0 Å². The lowest BCUT2D eigenvalue weighted by molar-refractivity contribution is -0.137. The smallest absolute Gasteiger partial charge is 0.324 e. The van der Waals surface area contributed by atoms with Crippen LogP contribution in [0, 0.1) is 12.7 Å². The Bertz CT molecular complexity index is 1260. The lowest BCUT2D eigenvalue weighted by Gasteiger charge is -2.45. The quantitative estimate of drug-likeness (QED) is 0.473. The van der Waals surface area contributed by atoms with Crippen LogP contribution in [0.4, 0.5) is 17.6 Å². The van der Waals surface area contributed by atoms with Gasteiger partial charge in [0.1, 0.15) is 11.5 Å². The van der Waals surface area contributed by atoms with Crippen LogP contribution in [0.1, 0.15) is 52.6 Å². The maximum atomic E-state index is 13.7. The van der Waals surface area contributed by atoms with Crippen molar-refractivity contribution >= 4 is 17.5 Å². The number of halogens is 5. The van der Waals surface area contributed by atoms with Crippen LogP contribution in [0.3, 0.4) is 0 Å². The number of rotatable bonds is 2. The van der Waals surface area contributed by atoms with Crippen LogP contribution in [-0.2, 0) is 12.7 Å². The topological polar surface area (TPSA) is 63.9 Å². The van der Waals surface area contributed by atoms with Gasteiger partial charge >= 0.3 is 6.18 Å². The Morgan fingerprint density at radius 3 is 2.73 bits per heavy atom. The molecule has 172 valence electrons. The summed E-state index contributed by atoms with van der Waals surface area (Å²) in [7, 11) is 0. The number of carbonyl (C=O) groups excluding carboxylic acids is 1. The number of nitrogens with zero attached hydrogens (tertiary/aromatic N) is 5. The molecule has 0 saturated carbocycles. The Hall–Kier alpha value is -3.01. The maximum absolute atomic E-state index is 13.7. The van der Waals surface area contributed by atoms with E-state index in [0.717, 1.165) is 18.7 Å². The van der Waals surface area contributed by atoms with Crippen LogP contribution >= 0.6 is 11.6 Å². The molecule has 11 heteroatoms. The number of fused-ring (bicyclic) bond motifs is 4. The van der Waals surface area contributed by atoms with E-state index in [4.69, 9.17) is 11.6 Å². The third-order valence-corrected chi connectivity index (χ3v) is 6.67. The zero-order valence-electron chi connectivity index (χ0n) is 17.4. The van der Waals surface area contributed by atoms with Crippen LogP contribution in [0.2, 0.25) is 5.02 Å². The van der Waals surface area contributed by atoms with E-state index >= 15 is 0 Å². The molecule has 1 saturated heterocycles. The molecule has 1 fully saturated rings. The first-order valence-corrected chi connectivity index (χ1v) is 10.8. The fourth-order valence-electron chi connectivity index (χ4n) is 4.68. The third kappa shape index (κ3) is 3.56. The highest BCUT2D eigenvalue weighted by atomic mass is 35.5. The molecular weight excluding hydrogens is 462 g/mol. The highest BCUT2D eigenvalue weighted by Crippen LogP contribution is 2.42. The van der Waals surface area contributed by atoms with E-state index in [2.05, 4.69) is 15.2 Å². The van der Waals surface area contributed by atoms with Gasteiger partial charge in [-0.3, -0.25) is 4.79 Å². The highest BCUT2D eigenvalue weighted by Gasteiger charge is 2.44. The lowest BCUT2D eigenvalue weighted by Crippen LogP contribution is -2.52. The predicted octanol–water partition coefficient (Wildman–Crippen LogP) is 5.21. The van der Waals surface area contributed by atoms with E-state index in [-0.39, 0.29) is 11.6 Å². The van der Waals surface area contributed by atoms with Crippen LogP contribution in [0.5, 0.6) is 0 Å². The van der Waals surface area contributed by atoms with Crippen molar-refractivity contribution in [1.29, 1.82) is 0 Å². The van der Waals surface area contributed by atoms with E-state index in [0.29, 0.717) is 42.3 Å². The van der Waals surface area contributed by atoms with Crippen molar-refractivity contribution in [3.63, 3.8) is 0 Å². The Balaban J connectivity index is 1.54. The number of piperidine rings is 1. The van der Waals surface area contributed by atoms with E-state index in [1.54, 1.807) is 17.9 Å². The summed E-state index contributed by atoms with van der Waals surface area (Å²) in [5.74, 6) is 0.00599. The number of alkyl halides is 3. The molecule has 2 aliphatic rings. The molecule has 4 heterocycles. The predicted molar refractivity (Wildman–Crippen MR) is 111 cm³/mol. The summed E-state index contributed by atoms with van der Waals surface area (Å²) < 4.78 is 55.5. The molecule has 1 amide bonds. The number of aromatic nitrogens is 4. The number of carbonyl (C=O) groups is 1. The van der Waals surface area contributed by atoms with Gasteiger partial charge in [0, 0.05) is 6.54 Å². The van der Waals surface area contributed by atoms with E-state index in [1.807, 2.05) is 4.57 Å². The minimum absolute atomic E-state index is 0.188. The van der Waals surface area contributed by atoms with Gasteiger partial charge in [0.25, 0.3) is 5.91 Å². The normalized spacial score (nSPS) is 20.0. The van der Waals surface area contributed by atoms with Crippen LogP contribution in [-0.4, -0.2) is 36.6 Å². The molecule has 0 aliphatic carbocycles. The molecule has 2 bridgehead atoms. The molecule has 0 N–H and O–H groups in total. The number of hydrogen-bond donors (Lipinski definition) is 0. The van der Waals surface area contributed by atoms with Gasteiger partial charge < -0.3 is 9.47 Å². The van der Waals surface area contributed by atoms with Gasteiger partial charge in [0.15, 0.2) is 11.6 Å². The first-order chi connectivity index (χ1) is 15.7. The van der Waals surface area contributed by atoms with Crippen molar-refractivity contribution in [3.8, 4) is 11.5 Å². The lowest BCUT2D eigenvalue weighted by atomic mass is 9.90. The second kappa shape index (κ2) is 7.79. The van der Waals surface area contributed by atoms with Gasteiger partial charge in [-0.2, -0.15) is 13.2 Å². The Morgan fingerprint density at radius 1 is 1.21 bits per heavy atom. The van der Waals surface area contributed by atoms with E-state index < -0.39 is 34.5 Å². The first-order valence-electron chi connectivity index (χ1n) is 10.4. The van der Waals surface area contributed by atoms with Crippen LogP contribution in [0.25, 0.3) is 11.5 Å². The van der Waals surface area contributed by atoms with E-state index in [1.165, 1.54) is 12.1 Å². The molecule has 1 aromatic carbocycles. The second-order valence-corrected chi connectivity index (χ2v) is 8.67. The summed E-state index contributed by atoms with van der Waals surface area (Å²) in [6.45, 7) is 1.98. The third-order valence-electron chi connectivity index (χ3n) is 6.26. The first kappa shape index (κ1) is 21.8. The van der Waals surface area contributed by atoms with Crippen LogP contribution < -0.4 is 0 Å². The number of benzene rings is 1. The SMILES string of the molecule is Cc1cc(-c2nnc3n2CC2CCCC3N2C(=O)c2cccc(C(F)(F)F)c2Cl)ncc1F. The van der Waals surface area contributed by atoms with Crippen molar-refractivity contribution in [3.05, 3.63) is 63.8 Å². The summed E-state index contributed by atoms with van der Waals surface area (Å²) in [5, 5.41) is 7.92. The van der Waals surface area contributed by atoms with Crippen molar-refractivity contribution < 1.29 is 22.4 Å². The van der Waals surface area contributed by atoms with Gasteiger partial charge in [-0.1, -0.05) is 17.7 Å². The standard InChI is InChI=1S/C22H18ClF4N5O/c1-11-8-16(28-9-15(11)24)19-29-30-20-17-7-2-4-12(10-31(19)20)32(17)21(33)13-5-3-6-14(18(13)23)22(25,26)27/h3,5-6,8-9,12,17H,2,4,7,10H2,1H3. The largest absolute Gasteiger partial charge is 0.417 e. The highest BCUT2D eigenvalue weighted by molar-refractivity contribution is 6.34. The second-order valence-electron chi connectivity index (χ2n) is 8.29. The van der Waals surface area contributed by atoms with Crippen molar-refractivity contribution in [1.82, 2.24) is 24.6 Å². The Kier molecular flexibility index (Phi) is 5.15. The van der Waals surface area contributed by atoms with E-state index in [9.17, 15) is 22.4 Å². The Morgan fingerprint density at radius 2 is 2.00 bits per heavy atom. The molecule has 0 radical (unpaired) electrons. The minimum Gasteiger partial charge on any atom is -0.324 e. The molecule has 2 aromatic heterocycles. The van der Waals surface area contributed by atoms with Gasteiger partial charge in [-0.05, 0) is 49.9 Å². The molecule has 5 rings (SSSR count). The van der Waals surface area contributed by atoms with Crippen molar-refractivity contribution in [2.24, 2.45) is 0 Å². The van der Waals surface area contributed by atoms with Gasteiger partial charge in [0.05, 0.1) is 34.4 Å². The molecular formula is C22H18ClF4N5O. The summed E-state index contributed by atoms with van der Waals surface area (Å²) in [6.07, 6.45) is -1.44. The zero-order chi connectivity index (χ0) is 23.5. The molecule has 6 nitrogen and oxygen atoms in total. The maximum Gasteiger partial charge on any atom is 0.417 e. The summed E-state index contributed by atoms with van der Waals surface area (Å²) in [6, 6.07) is 4.21. The van der Waals surface area contributed by atoms with Gasteiger partial charge in [-0.15, -0.1) is 10.2 Å². The van der Waals surface area contributed by atoms with Crippen molar-refractivity contribution in [2.45, 2.75) is 51.0 Å². The van der Waals surface area contributed by atoms with Gasteiger partial charge in [0.2, 0.25) is 0 Å². The number of amides is 1. The van der Waals surface area contributed by atoms with Crippen LogP contribution in [0.15, 0.2) is 30.5 Å².